The maximum atomic E-state index is 5.59. The first-order valence-electron chi connectivity index (χ1n) is 6.40. The first-order chi connectivity index (χ1) is 8.70. The molecular weight excluding hydrogens is 246 g/mol. The van der Waals surface area contributed by atoms with E-state index in [4.69, 9.17) is 9.47 Å². The molecule has 100 valence electrons. The SMILES string of the molecule is CNC(CSc1ccc2c(c1)OCCO2)C(C)C. The Morgan fingerprint density at radius 2 is 1.94 bits per heavy atom. The number of ether oxygens (including phenoxy) is 2. The van der Waals surface area contributed by atoms with Gasteiger partial charge in [-0.2, -0.15) is 0 Å². The zero-order chi connectivity index (χ0) is 13.0. The molecule has 18 heavy (non-hydrogen) atoms. The minimum Gasteiger partial charge on any atom is -0.486 e. The van der Waals surface area contributed by atoms with Crippen LogP contribution >= 0.6 is 11.8 Å². The molecule has 0 spiro atoms. The highest BCUT2D eigenvalue weighted by Gasteiger charge is 2.14. The van der Waals surface area contributed by atoms with Crippen molar-refractivity contribution in [2.45, 2.75) is 24.8 Å². The molecule has 1 N–H and O–H groups in total. The summed E-state index contributed by atoms with van der Waals surface area (Å²) in [4.78, 5) is 1.24. The fourth-order valence-corrected chi connectivity index (χ4v) is 3.19. The molecule has 0 amide bonds. The molecule has 0 aromatic heterocycles. The van der Waals surface area contributed by atoms with Gasteiger partial charge in [-0.1, -0.05) is 13.8 Å². The number of hydrogen-bond donors (Lipinski definition) is 1. The van der Waals surface area contributed by atoms with Crippen molar-refractivity contribution in [3.8, 4) is 11.5 Å². The molecule has 0 saturated carbocycles. The highest BCUT2D eigenvalue weighted by atomic mass is 32.2. The summed E-state index contributed by atoms with van der Waals surface area (Å²) < 4.78 is 11.1. The van der Waals surface area contributed by atoms with Crippen molar-refractivity contribution in [1.29, 1.82) is 0 Å². The van der Waals surface area contributed by atoms with Gasteiger partial charge in [0.15, 0.2) is 11.5 Å². The summed E-state index contributed by atoms with van der Waals surface area (Å²) in [5.41, 5.74) is 0. The topological polar surface area (TPSA) is 30.5 Å². The molecule has 1 aliphatic heterocycles. The molecule has 0 fully saturated rings. The zero-order valence-corrected chi connectivity index (χ0v) is 12.0. The van der Waals surface area contributed by atoms with E-state index >= 15 is 0 Å². The summed E-state index contributed by atoms with van der Waals surface area (Å²) >= 11 is 1.86. The van der Waals surface area contributed by atoms with Gasteiger partial charge < -0.3 is 14.8 Å². The van der Waals surface area contributed by atoms with Gasteiger partial charge in [0.2, 0.25) is 0 Å². The van der Waals surface area contributed by atoms with E-state index in [1.165, 1.54) is 4.90 Å². The van der Waals surface area contributed by atoms with E-state index in [1.807, 2.05) is 24.9 Å². The summed E-state index contributed by atoms with van der Waals surface area (Å²) in [6.07, 6.45) is 0. The predicted octanol–water partition coefficient (Wildman–Crippen LogP) is 2.79. The number of thioether (sulfide) groups is 1. The monoisotopic (exact) mass is 267 g/mol. The molecule has 3 nitrogen and oxygen atoms in total. The molecule has 0 bridgehead atoms. The van der Waals surface area contributed by atoms with Gasteiger partial charge in [0.25, 0.3) is 0 Å². The third-order valence-corrected chi connectivity index (χ3v) is 4.23. The van der Waals surface area contributed by atoms with Crippen LogP contribution in [0.5, 0.6) is 11.5 Å². The lowest BCUT2D eigenvalue weighted by Gasteiger charge is -2.21. The van der Waals surface area contributed by atoms with Crippen molar-refractivity contribution < 1.29 is 9.47 Å². The predicted molar refractivity (Wildman–Crippen MR) is 75.8 cm³/mol. The molecule has 1 heterocycles. The third-order valence-electron chi connectivity index (χ3n) is 3.12. The molecule has 1 atom stereocenters. The van der Waals surface area contributed by atoms with Crippen LogP contribution in [-0.4, -0.2) is 32.1 Å². The molecule has 1 aromatic rings. The zero-order valence-electron chi connectivity index (χ0n) is 11.2. The van der Waals surface area contributed by atoms with Crippen molar-refractivity contribution in [2.75, 3.05) is 26.0 Å². The van der Waals surface area contributed by atoms with Crippen LogP contribution in [0.15, 0.2) is 23.1 Å². The van der Waals surface area contributed by atoms with Crippen LogP contribution in [0.1, 0.15) is 13.8 Å². The molecule has 1 aromatic carbocycles. The van der Waals surface area contributed by atoms with E-state index in [2.05, 4.69) is 31.3 Å². The Balaban J connectivity index is 1.97. The van der Waals surface area contributed by atoms with Gasteiger partial charge in [-0.15, -0.1) is 11.8 Å². The number of fused-ring (bicyclic) bond motifs is 1. The lowest BCUT2D eigenvalue weighted by molar-refractivity contribution is 0.171. The molecule has 0 saturated heterocycles. The van der Waals surface area contributed by atoms with Gasteiger partial charge in [-0.3, -0.25) is 0 Å². The van der Waals surface area contributed by atoms with Crippen molar-refractivity contribution in [2.24, 2.45) is 5.92 Å². The third kappa shape index (κ3) is 3.33. The summed E-state index contributed by atoms with van der Waals surface area (Å²) in [5, 5.41) is 3.36. The first-order valence-corrected chi connectivity index (χ1v) is 7.39. The van der Waals surface area contributed by atoms with E-state index in [0.717, 1.165) is 17.3 Å². The second kappa shape index (κ2) is 6.34. The smallest absolute Gasteiger partial charge is 0.162 e. The standard InChI is InChI=1S/C14H21NO2S/c1-10(2)12(15-3)9-18-11-4-5-13-14(8-11)17-7-6-16-13/h4-5,8,10,12,15H,6-7,9H2,1-3H3. The molecule has 1 unspecified atom stereocenters. The fraction of sp³-hybridized carbons (Fsp3) is 0.571. The van der Waals surface area contributed by atoms with Crippen molar-refractivity contribution in [1.82, 2.24) is 5.32 Å². The minimum absolute atomic E-state index is 0.531. The lowest BCUT2D eigenvalue weighted by atomic mass is 10.1. The molecule has 2 rings (SSSR count). The number of rotatable bonds is 5. The van der Waals surface area contributed by atoms with Gasteiger partial charge in [0, 0.05) is 16.7 Å². The normalized spacial score (nSPS) is 15.8. The Bertz CT molecular complexity index is 395. The summed E-state index contributed by atoms with van der Waals surface area (Å²) in [5.74, 6) is 3.43. The van der Waals surface area contributed by atoms with Crippen LogP contribution < -0.4 is 14.8 Å². The average Bonchev–Trinajstić information content (AvgIpc) is 2.39. The second-order valence-electron chi connectivity index (χ2n) is 4.76. The Hall–Kier alpha value is -0.870. The van der Waals surface area contributed by atoms with Crippen LogP contribution in [0.2, 0.25) is 0 Å². The number of hydrogen-bond acceptors (Lipinski definition) is 4. The molecule has 4 heteroatoms. The molecule has 0 aliphatic carbocycles. The highest BCUT2D eigenvalue weighted by Crippen LogP contribution is 2.34. The highest BCUT2D eigenvalue weighted by molar-refractivity contribution is 7.99. The Morgan fingerprint density at radius 1 is 1.22 bits per heavy atom. The maximum absolute atomic E-state index is 5.59. The van der Waals surface area contributed by atoms with Crippen LogP contribution in [0.4, 0.5) is 0 Å². The number of nitrogens with one attached hydrogen (secondary N) is 1. The van der Waals surface area contributed by atoms with Crippen LogP contribution in [0, 0.1) is 5.92 Å². The summed E-state index contributed by atoms with van der Waals surface area (Å²) in [6.45, 7) is 5.78. The van der Waals surface area contributed by atoms with Gasteiger partial charge in [-0.25, -0.2) is 0 Å². The van der Waals surface area contributed by atoms with Crippen molar-refractivity contribution in [3.05, 3.63) is 18.2 Å². The van der Waals surface area contributed by atoms with Crippen molar-refractivity contribution >= 4 is 11.8 Å². The Morgan fingerprint density at radius 3 is 2.61 bits per heavy atom. The van der Waals surface area contributed by atoms with Crippen LogP contribution in [0.3, 0.4) is 0 Å². The van der Waals surface area contributed by atoms with Gasteiger partial charge in [0.05, 0.1) is 0 Å². The minimum atomic E-state index is 0.531. The van der Waals surface area contributed by atoms with Gasteiger partial charge in [0.1, 0.15) is 13.2 Å². The van der Waals surface area contributed by atoms with Crippen LogP contribution in [-0.2, 0) is 0 Å². The van der Waals surface area contributed by atoms with E-state index in [0.29, 0.717) is 25.2 Å². The largest absolute Gasteiger partial charge is 0.486 e. The van der Waals surface area contributed by atoms with E-state index in [1.54, 1.807) is 0 Å². The van der Waals surface area contributed by atoms with Crippen LogP contribution in [0.25, 0.3) is 0 Å². The second-order valence-corrected chi connectivity index (χ2v) is 5.85. The van der Waals surface area contributed by atoms with E-state index < -0.39 is 0 Å². The average molecular weight is 267 g/mol. The molecular formula is C14H21NO2S. The lowest BCUT2D eigenvalue weighted by Crippen LogP contribution is -2.32. The summed E-state index contributed by atoms with van der Waals surface area (Å²) in [7, 11) is 2.02. The number of benzene rings is 1. The van der Waals surface area contributed by atoms with E-state index in [9.17, 15) is 0 Å². The maximum Gasteiger partial charge on any atom is 0.162 e. The quantitative estimate of drug-likeness (QED) is 0.831. The fourth-order valence-electron chi connectivity index (χ4n) is 1.91. The molecule has 0 radical (unpaired) electrons. The van der Waals surface area contributed by atoms with Gasteiger partial charge in [-0.05, 0) is 31.2 Å². The van der Waals surface area contributed by atoms with Crippen molar-refractivity contribution in [3.63, 3.8) is 0 Å². The summed E-state index contributed by atoms with van der Waals surface area (Å²) in [6, 6.07) is 6.71. The first kappa shape index (κ1) is 13.6. The Kier molecular flexibility index (Phi) is 4.78. The van der Waals surface area contributed by atoms with E-state index in [-0.39, 0.29) is 0 Å². The van der Waals surface area contributed by atoms with Gasteiger partial charge >= 0.3 is 0 Å². The Labute approximate surface area is 113 Å². The molecule has 1 aliphatic rings.